The third kappa shape index (κ3) is 3.84. The topological polar surface area (TPSA) is 92.8 Å². The van der Waals surface area contributed by atoms with Gasteiger partial charge in [0, 0.05) is 12.3 Å². The zero-order valence-corrected chi connectivity index (χ0v) is 15.1. The monoisotopic (exact) mass is 364 g/mol. The maximum atomic E-state index is 12.6. The summed E-state index contributed by atoms with van der Waals surface area (Å²) in [7, 11) is 0. The first-order valence-corrected chi connectivity index (χ1v) is 9.25. The van der Waals surface area contributed by atoms with E-state index in [2.05, 4.69) is 5.32 Å². The van der Waals surface area contributed by atoms with E-state index >= 15 is 0 Å². The Kier molecular flexibility index (Phi) is 6.19. The van der Waals surface area contributed by atoms with Gasteiger partial charge in [0.05, 0.1) is 11.1 Å². The Hall–Kier alpha value is -2.35. The number of carbonyl (C=O) groups excluding carboxylic acids is 4. The van der Waals surface area contributed by atoms with E-state index in [4.69, 9.17) is 4.74 Å². The van der Waals surface area contributed by atoms with Crippen LogP contribution in [0.3, 0.4) is 0 Å². The maximum absolute atomic E-state index is 12.6. The van der Waals surface area contributed by atoms with Crippen molar-refractivity contribution < 1.29 is 23.9 Å². The molecule has 1 aromatic rings. The summed E-state index contributed by atoms with van der Waals surface area (Å²) < 4.78 is 5.18. The number of carbonyl (C=O) groups is 4. The van der Waals surface area contributed by atoms with Gasteiger partial charge in [-0.1, -0.05) is 12.1 Å². The summed E-state index contributed by atoms with van der Waals surface area (Å²) in [5, 5.41) is 2.55. The standard InChI is InChI=1S/C17H20N2O5S/c1-4-18-14(20)10(2)24-17(23)13(9-25-3)19-15(21)11-7-5-6-8-12(11)16(19)22/h5-8,10,13H,4,9H2,1-3H3,(H,18,20)/t10-,13+/m0/s1. The molecular formula is C17H20N2O5S. The molecule has 0 unspecified atom stereocenters. The lowest BCUT2D eigenvalue weighted by molar-refractivity contribution is -0.157. The third-order valence-corrected chi connectivity index (χ3v) is 4.40. The van der Waals surface area contributed by atoms with E-state index < -0.39 is 35.8 Å². The molecule has 1 aliphatic heterocycles. The molecule has 1 N–H and O–H groups in total. The molecule has 25 heavy (non-hydrogen) atoms. The van der Waals surface area contributed by atoms with Gasteiger partial charge in [-0.3, -0.25) is 19.3 Å². The van der Waals surface area contributed by atoms with Crippen LogP contribution in [0.15, 0.2) is 24.3 Å². The highest BCUT2D eigenvalue weighted by molar-refractivity contribution is 7.98. The highest BCUT2D eigenvalue weighted by Crippen LogP contribution is 2.26. The lowest BCUT2D eigenvalue weighted by Gasteiger charge is -2.25. The van der Waals surface area contributed by atoms with Crippen LogP contribution in [0.5, 0.6) is 0 Å². The Balaban J connectivity index is 2.21. The number of nitrogens with zero attached hydrogens (tertiary/aromatic N) is 1. The number of nitrogens with one attached hydrogen (secondary N) is 1. The van der Waals surface area contributed by atoms with Crippen LogP contribution >= 0.6 is 11.8 Å². The van der Waals surface area contributed by atoms with Gasteiger partial charge in [0.1, 0.15) is 6.04 Å². The van der Waals surface area contributed by atoms with Crippen molar-refractivity contribution in [2.45, 2.75) is 26.0 Å². The SMILES string of the molecule is CCNC(=O)[C@H](C)OC(=O)[C@@H](CSC)N1C(=O)c2ccccc2C1=O. The smallest absolute Gasteiger partial charge is 0.331 e. The molecule has 0 spiro atoms. The Morgan fingerprint density at radius 3 is 2.24 bits per heavy atom. The molecule has 0 aliphatic carbocycles. The second kappa shape index (κ2) is 8.15. The summed E-state index contributed by atoms with van der Waals surface area (Å²) >= 11 is 1.31. The van der Waals surface area contributed by atoms with Crippen molar-refractivity contribution in [1.29, 1.82) is 0 Å². The summed E-state index contributed by atoms with van der Waals surface area (Å²) in [6.45, 7) is 3.61. The molecule has 1 aliphatic rings. The number of ether oxygens (including phenoxy) is 1. The first-order valence-electron chi connectivity index (χ1n) is 7.86. The number of hydrogen-bond donors (Lipinski definition) is 1. The number of thioether (sulfide) groups is 1. The Morgan fingerprint density at radius 1 is 1.20 bits per heavy atom. The second-order valence-electron chi connectivity index (χ2n) is 5.47. The summed E-state index contributed by atoms with van der Waals surface area (Å²) in [6.07, 6.45) is 0.748. The number of amides is 3. The van der Waals surface area contributed by atoms with E-state index in [-0.39, 0.29) is 16.9 Å². The van der Waals surface area contributed by atoms with Crippen molar-refractivity contribution in [3.05, 3.63) is 35.4 Å². The lowest BCUT2D eigenvalue weighted by atomic mass is 10.1. The molecule has 2 atom stereocenters. The number of benzene rings is 1. The average Bonchev–Trinajstić information content (AvgIpc) is 2.84. The van der Waals surface area contributed by atoms with Crippen molar-refractivity contribution in [2.75, 3.05) is 18.6 Å². The van der Waals surface area contributed by atoms with E-state index in [0.717, 1.165) is 4.90 Å². The van der Waals surface area contributed by atoms with Crippen molar-refractivity contribution in [3.63, 3.8) is 0 Å². The Morgan fingerprint density at radius 2 is 1.76 bits per heavy atom. The van der Waals surface area contributed by atoms with Crippen LogP contribution < -0.4 is 5.32 Å². The molecule has 0 radical (unpaired) electrons. The number of fused-ring (bicyclic) bond motifs is 1. The van der Waals surface area contributed by atoms with Gasteiger partial charge >= 0.3 is 5.97 Å². The highest BCUT2D eigenvalue weighted by Gasteiger charge is 2.43. The van der Waals surface area contributed by atoms with Gasteiger partial charge in [0.15, 0.2) is 6.10 Å². The largest absolute Gasteiger partial charge is 0.451 e. The fraction of sp³-hybridized carbons (Fsp3) is 0.412. The maximum Gasteiger partial charge on any atom is 0.331 e. The quantitative estimate of drug-likeness (QED) is 0.575. The summed E-state index contributed by atoms with van der Waals surface area (Å²) in [4.78, 5) is 50.3. The number of imide groups is 1. The highest BCUT2D eigenvalue weighted by atomic mass is 32.2. The third-order valence-electron chi connectivity index (χ3n) is 3.75. The number of esters is 1. The predicted molar refractivity (Wildman–Crippen MR) is 93.3 cm³/mol. The fourth-order valence-corrected chi connectivity index (χ4v) is 3.12. The van der Waals surface area contributed by atoms with Crippen molar-refractivity contribution in [3.8, 4) is 0 Å². The second-order valence-corrected chi connectivity index (χ2v) is 6.38. The first-order chi connectivity index (χ1) is 11.9. The average molecular weight is 364 g/mol. The van der Waals surface area contributed by atoms with Crippen LogP contribution in [0.25, 0.3) is 0 Å². The van der Waals surface area contributed by atoms with Crippen LogP contribution in [0.2, 0.25) is 0 Å². The number of hydrogen-bond acceptors (Lipinski definition) is 6. The van der Waals surface area contributed by atoms with E-state index in [9.17, 15) is 19.2 Å². The molecule has 0 fully saturated rings. The predicted octanol–water partition coefficient (Wildman–Crippen LogP) is 1.08. The molecule has 1 heterocycles. The summed E-state index contributed by atoms with van der Waals surface area (Å²) in [5.74, 6) is -2.07. The summed E-state index contributed by atoms with van der Waals surface area (Å²) in [6, 6.07) is 5.33. The van der Waals surface area contributed by atoms with Crippen LogP contribution in [-0.2, 0) is 14.3 Å². The number of likely N-dealkylation sites (N-methyl/N-ethyl adjacent to an activating group) is 1. The molecule has 1 aromatic carbocycles. The Bertz CT molecular complexity index is 671. The molecule has 7 nitrogen and oxygen atoms in total. The molecular weight excluding hydrogens is 344 g/mol. The van der Waals surface area contributed by atoms with Gasteiger partial charge in [0.25, 0.3) is 17.7 Å². The minimum Gasteiger partial charge on any atom is -0.451 e. The van der Waals surface area contributed by atoms with Crippen molar-refractivity contribution >= 4 is 35.5 Å². The molecule has 3 amide bonds. The lowest BCUT2D eigenvalue weighted by Crippen LogP contribution is -2.49. The van der Waals surface area contributed by atoms with Gasteiger partial charge in [0.2, 0.25) is 0 Å². The van der Waals surface area contributed by atoms with Gasteiger partial charge in [-0.2, -0.15) is 11.8 Å². The van der Waals surface area contributed by atoms with Crippen molar-refractivity contribution in [2.24, 2.45) is 0 Å². The molecule has 0 saturated heterocycles. The molecule has 0 saturated carbocycles. The van der Waals surface area contributed by atoms with E-state index in [1.165, 1.54) is 18.7 Å². The van der Waals surface area contributed by atoms with Gasteiger partial charge in [-0.15, -0.1) is 0 Å². The zero-order valence-electron chi connectivity index (χ0n) is 14.3. The van der Waals surface area contributed by atoms with Gasteiger partial charge in [-0.25, -0.2) is 4.79 Å². The first kappa shape index (κ1) is 19.0. The van der Waals surface area contributed by atoms with E-state index in [1.54, 1.807) is 37.4 Å². The molecule has 134 valence electrons. The molecule has 8 heteroatoms. The van der Waals surface area contributed by atoms with E-state index in [0.29, 0.717) is 6.54 Å². The van der Waals surface area contributed by atoms with Crippen molar-refractivity contribution in [1.82, 2.24) is 10.2 Å². The van der Waals surface area contributed by atoms with Crippen LogP contribution in [-0.4, -0.2) is 59.3 Å². The van der Waals surface area contributed by atoms with Crippen LogP contribution in [0, 0.1) is 0 Å². The zero-order chi connectivity index (χ0) is 18.6. The normalized spacial score (nSPS) is 15.6. The summed E-state index contributed by atoms with van der Waals surface area (Å²) in [5.41, 5.74) is 0.534. The van der Waals surface area contributed by atoms with Crippen LogP contribution in [0.1, 0.15) is 34.6 Å². The van der Waals surface area contributed by atoms with Crippen LogP contribution in [0.4, 0.5) is 0 Å². The molecule has 0 aromatic heterocycles. The molecule has 0 bridgehead atoms. The molecule has 2 rings (SSSR count). The minimum absolute atomic E-state index is 0.187. The number of rotatable bonds is 7. The fourth-order valence-electron chi connectivity index (χ4n) is 2.52. The minimum atomic E-state index is -1.08. The van der Waals surface area contributed by atoms with E-state index in [1.807, 2.05) is 0 Å². The van der Waals surface area contributed by atoms with Gasteiger partial charge in [-0.05, 0) is 32.2 Å². The van der Waals surface area contributed by atoms with Gasteiger partial charge < -0.3 is 10.1 Å². The Labute approximate surface area is 150 Å².